The molecule has 0 saturated carbocycles. The zero-order valence-electron chi connectivity index (χ0n) is 14.8. The average molecular weight is 392 g/mol. The van der Waals surface area contributed by atoms with Gasteiger partial charge in [-0.2, -0.15) is 13.2 Å². The number of benzene rings is 2. The molecular formula is C19H16F4N4O. The molecule has 0 spiro atoms. The van der Waals surface area contributed by atoms with E-state index in [4.69, 9.17) is 0 Å². The van der Waals surface area contributed by atoms with Crippen LogP contribution in [0.2, 0.25) is 0 Å². The largest absolute Gasteiger partial charge is 0.416 e. The van der Waals surface area contributed by atoms with Crippen LogP contribution in [-0.4, -0.2) is 32.8 Å². The van der Waals surface area contributed by atoms with Gasteiger partial charge < -0.3 is 4.90 Å². The van der Waals surface area contributed by atoms with Crippen LogP contribution >= 0.6 is 0 Å². The molecule has 5 nitrogen and oxygen atoms in total. The van der Waals surface area contributed by atoms with Gasteiger partial charge in [-0.25, -0.2) is 9.07 Å². The van der Waals surface area contributed by atoms with Gasteiger partial charge in [-0.05, 0) is 35.4 Å². The number of hydrogen-bond donors (Lipinski definition) is 0. The molecule has 28 heavy (non-hydrogen) atoms. The molecule has 0 saturated heterocycles. The molecule has 0 N–H and O–H groups in total. The fourth-order valence-electron chi connectivity index (χ4n) is 2.59. The first kappa shape index (κ1) is 19.5. The van der Waals surface area contributed by atoms with Crippen LogP contribution in [0.5, 0.6) is 0 Å². The quantitative estimate of drug-likeness (QED) is 0.622. The molecule has 1 heterocycles. The molecule has 3 rings (SSSR count). The summed E-state index contributed by atoms with van der Waals surface area (Å²) in [5, 5.41) is 7.72. The van der Waals surface area contributed by atoms with Gasteiger partial charge >= 0.3 is 6.18 Å². The lowest BCUT2D eigenvalue weighted by Gasteiger charge is -2.16. The maximum atomic E-state index is 12.9. The Morgan fingerprint density at radius 1 is 1.04 bits per heavy atom. The fourth-order valence-corrected chi connectivity index (χ4v) is 2.59. The molecule has 0 radical (unpaired) electrons. The summed E-state index contributed by atoms with van der Waals surface area (Å²) in [5.74, 6) is -0.756. The number of carbonyl (C=O) groups excluding carboxylic acids is 1. The summed E-state index contributed by atoms with van der Waals surface area (Å²) >= 11 is 0. The lowest BCUT2D eigenvalue weighted by molar-refractivity contribution is -0.137. The molecule has 0 bridgehead atoms. The molecule has 146 valence electrons. The third-order valence-electron chi connectivity index (χ3n) is 4.06. The third-order valence-corrected chi connectivity index (χ3v) is 4.06. The molecule has 1 amide bonds. The third kappa shape index (κ3) is 4.73. The average Bonchev–Trinajstić information content (AvgIpc) is 3.11. The van der Waals surface area contributed by atoms with Crippen molar-refractivity contribution in [2.24, 2.45) is 0 Å². The number of alkyl halides is 3. The summed E-state index contributed by atoms with van der Waals surface area (Å²) in [7, 11) is 1.53. The van der Waals surface area contributed by atoms with Gasteiger partial charge in [0, 0.05) is 13.6 Å². The van der Waals surface area contributed by atoms with Gasteiger partial charge in [-0.3, -0.25) is 4.79 Å². The maximum Gasteiger partial charge on any atom is 0.416 e. The van der Waals surface area contributed by atoms with Gasteiger partial charge in [-0.15, -0.1) is 5.10 Å². The Morgan fingerprint density at radius 2 is 1.64 bits per heavy atom. The second kappa shape index (κ2) is 7.79. The number of amides is 1. The highest BCUT2D eigenvalue weighted by Gasteiger charge is 2.30. The smallest absolute Gasteiger partial charge is 0.336 e. The highest BCUT2D eigenvalue weighted by atomic mass is 19.4. The first-order valence-electron chi connectivity index (χ1n) is 8.28. The molecule has 0 fully saturated rings. The van der Waals surface area contributed by atoms with E-state index in [9.17, 15) is 22.4 Å². The predicted octanol–water partition coefficient (Wildman–Crippen LogP) is 3.76. The Labute approximate surface area is 158 Å². The van der Waals surface area contributed by atoms with Crippen molar-refractivity contribution < 1.29 is 22.4 Å². The summed E-state index contributed by atoms with van der Waals surface area (Å²) in [4.78, 5) is 13.8. The summed E-state index contributed by atoms with van der Waals surface area (Å²) in [6.07, 6.45) is -2.93. The van der Waals surface area contributed by atoms with Gasteiger partial charge in [0.05, 0.1) is 18.3 Å². The van der Waals surface area contributed by atoms with E-state index in [1.165, 1.54) is 47.1 Å². The Morgan fingerprint density at radius 3 is 2.25 bits per heavy atom. The van der Waals surface area contributed by atoms with E-state index in [0.717, 1.165) is 17.7 Å². The zero-order chi connectivity index (χ0) is 20.3. The standard InChI is InChI=1S/C19H16F4N4O/c1-26(10-13-2-6-15(7-3-13)19(21,22)23)18(28)17-12-27(25-24-17)11-14-4-8-16(20)9-5-14/h2-9,12H,10-11H2,1H3. The molecule has 1 aromatic heterocycles. The SMILES string of the molecule is CN(Cc1ccc(C(F)(F)F)cc1)C(=O)c1cn(Cc2ccc(F)cc2)nn1. The van der Waals surface area contributed by atoms with Crippen molar-refractivity contribution in [2.45, 2.75) is 19.3 Å². The highest BCUT2D eigenvalue weighted by Crippen LogP contribution is 2.29. The van der Waals surface area contributed by atoms with E-state index in [0.29, 0.717) is 12.1 Å². The summed E-state index contributed by atoms with van der Waals surface area (Å²) in [6.45, 7) is 0.449. The Bertz CT molecular complexity index is 949. The summed E-state index contributed by atoms with van der Waals surface area (Å²) < 4.78 is 52.2. The molecule has 2 aromatic carbocycles. The van der Waals surface area contributed by atoms with E-state index >= 15 is 0 Å². The lowest BCUT2D eigenvalue weighted by atomic mass is 10.1. The summed E-state index contributed by atoms with van der Waals surface area (Å²) in [5.41, 5.74) is 0.719. The molecule has 3 aromatic rings. The van der Waals surface area contributed by atoms with Gasteiger partial charge in [0.2, 0.25) is 0 Å². The van der Waals surface area contributed by atoms with Crippen molar-refractivity contribution in [1.29, 1.82) is 0 Å². The minimum Gasteiger partial charge on any atom is -0.336 e. The Hall–Kier alpha value is -3.23. The number of rotatable bonds is 5. The van der Waals surface area contributed by atoms with E-state index in [-0.39, 0.29) is 18.1 Å². The van der Waals surface area contributed by atoms with Crippen molar-refractivity contribution in [3.63, 3.8) is 0 Å². The predicted molar refractivity (Wildman–Crippen MR) is 92.8 cm³/mol. The van der Waals surface area contributed by atoms with Crippen LogP contribution in [0.15, 0.2) is 54.7 Å². The topological polar surface area (TPSA) is 51.0 Å². The number of carbonyl (C=O) groups is 1. The summed E-state index contributed by atoms with van der Waals surface area (Å²) in [6, 6.07) is 10.5. The van der Waals surface area contributed by atoms with E-state index in [1.807, 2.05) is 0 Å². The molecule has 9 heteroatoms. The van der Waals surface area contributed by atoms with Crippen molar-refractivity contribution >= 4 is 5.91 Å². The van der Waals surface area contributed by atoms with Gasteiger partial charge in [-0.1, -0.05) is 29.5 Å². The van der Waals surface area contributed by atoms with Crippen molar-refractivity contribution in [2.75, 3.05) is 7.05 Å². The Balaban J connectivity index is 1.63. The molecule has 0 aliphatic rings. The second-order valence-corrected chi connectivity index (χ2v) is 6.28. The van der Waals surface area contributed by atoms with Gasteiger partial charge in [0.25, 0.3) is 5.91 Å². The van der Waals surface area contributed by atoms with Crippen molar-refractivity contribution in [3.05, 3.63) is 82.9 Å². The second-order valence-electron chi connectivity index (χ2n) is 6.28. The molecule has 0 aliphatic carbocycles. The fraction of sp³-hybridized carbons (Fsp3) is 0.211. The monoisotopic (exact) mass is 392 g/mol. The first-order valence-corrected chi connectivity index (χ1v) is 8.28. The van der Waals surface area contributed by atoms with Crippen molar-refractivity contribution in [3.8, 4) is 0 Å². The Kier molecular flexibility index (Phi) is 5.43. The molecular weight excluding hydrogens is 376 g/mol. The van der Waals surface area contributed by atoms with Crippen LogP contribution in [0, 0.1) is 5.82 Å². The minimum absolute atomic E-state index is 0.108. The number of hydrogen-bond acceptors (Lipinski definition) is 3. The van der Waals surface area contributed by atoms with E-state index in [2.05, 4.69) is 10.3 Å². The van der Waals surface area contributed by atoms with E-state index in [1.54, 1.807) is 12.1 Å². The van der Waals surface area contributed by atoms with Crippen LogP contribution in [0.3, 0.4) is 0 Å². The first-order chi connectivity index (χ1) is 13.2. The number of halogens is 4. The normalized spacial score (nSPS) is 11.5. The van der Waals surface area contributed by atoms with E-state index < -0.39 is 17.6 Å². The van der Waals surface area contributed by atoms with Crippen molar-refractivity contribution in [1.82, 2.24) is 19.9 Å². The molecule has 0 atom stereocenters. The maximum absolute atomic E-state index is 12.9. The molecule has 0 unspecified atom stereocenters. The minimum atomic E-state index is -4.40. The molecule has 0 aliphatic heterocycles. The van der Waals surface area contributed by atoms with Crippen LogP contribution in [0.25, 0.3) is 0 Å². The number of nitrogens with zero attached hydrogens (tertiary/aromatic N) is 4. The highest BCUT2D eigenvalue weighted by molar-refractivity contribution is 5.91. The van der Waals surface area contributed by atoms with Crippen LogP contribution in [0.1, 0.15) is 27.2 Å². The van der Waals surface area contributed by atoms with Crippen LogP contribution < -0.4 is 0 Å². The van der Waals surface area contributed by atoms with Gasteiger partial charge in [0.1, 0.15) is 5.82 Å². The van der Waals surface area contributed by atoms with Gasteiger partial charge in [0.15, 0.2) is 5.69 Å². The van der Waals surface area contributed by atoms with Crippen LogP contribution in [0.4, 0.5) is 17.6 Å². The number of aromatic nitrogens is 3. The zero-order valence-corrected chi connectivity index (χ0v) is 14.8. The van der Waals surface area contributed by atoms with Crippen LogP contribution in [-0.2, 0) is 19.3 Å². The lowest BCUT2D eigenvalue weighted by Crippen LogP contribution is -2.26.